The second kappa shape index (κ2) is 4.67. The van der Waals surface area contributed by atoms with Crippen molar-refractivity contribution in [3.8, 4) is 5.75 Å². The first kappa shape index (κ1) is 14.1. The summed E-state index contributed by atoms with van der Waals surface area (Å²) in [5.74, 6) is -0.151. The van der Waals surface area contributed by atoms with Gasteiger partial charge in [0.15, 0.2) is 6.10 Å². The van der Waals surface area contributed by atoms with Crippen molar-refractivity contribution in [3.63, 3.8) is 0 Å². The SMILES string of the molecule is CC1(CC(O)C(F)(F)F)CCOc2ccc(F)cc21. The van der Waals surface area contributed by atoms with Gasteiger partial charge in [-0.2, -0.15) is 13.2 Å². The summed E-state index contributed by atoms with van der Waals surface area (Å²) in [4.78, 5) is 0. The number of halogens is 4. The van der Waals surface area contributed by atoms with Crippen molar-refractivity contribution in [1.29, 1.82) is 0 Å². The summed E-state index contributed by atoms with van der Waals surface area (Å²) in [5, 5.41) is 9.24. The average molecular weight is 278 g/mol. The Morgan fingerprint density at radius 1 is 1.42 bits per heavy atom. The Labute approximate surface area is 108 Å². The molecule has 0 spiro atoms. The monoisotopic (exact) mass is 278 g/mol. The summed E-state index contributed by atoms with van der Waals surface area (Å²) < 4.78 is 56.0. The maximum atomic E-state index is 13.3. The van der Waals surface area contributed by atoms with Crippen LogP contribution in [0, 0.1) is 5.82 Å². The van der Waals surface area contributed by atoms with Crippen molar-refractivity contribution < 1.29 is 27.4 Å². The second-order valence-electron chi connectivity index (χ2n) is 5.06. The minimum absolute atomic E-state index is 0.250. The fourth-order valence-electron chi connectivity index (χ4n) is 2.38. The molecule has 1 aromatic carbocycles. The highest BCUT2D eigenvalue weighted by molar-refractivity contribution is 5.41. The minimum Gasteiger partial charge on any atom is -0.493 e. The number of aliphatic hydroxyl groups is 1. The molecule has 106 valence electrons. The molecule has 0 bridgehead atoms. The van der Waals surface area contributed by atoms with Gasteiger partial charge < -0.3 is 9.84 Å². The third-order valence-corrected chi connectivity index (χ3v) is 3.52. The lowest BCUT2D eigenvalue weighted by molar-refractivity contribution is -0.209. The summed E-state index contributed by atoms with van der Waals surface area (Å²) in [6.07, 6.45) is -7.30. The van der Waals surface area contributed by atoms with Crippen molar-refractivity contribution >= 4 is 0 Å². The van der Waals surface area contributed by atoms with Crippen LogP contribution in [-0.2, 0) is 5.41 Å². The molecule has 0 saturated carbocycles. The number of ether oxygens (including phenoxy) is 1. The van der Waals surface area contributed by atoms with Gasteiger partial charge in [0, 0.05) is 11.0 Å². The van der Waals surface area contributed by atoms with Crippen LogP contribution < -0.4 is 4.74 Å². The minimum atomic E-state index is -4.67. The highest BCUT2D eigenvalue weighted by atomic mass is 19.4. The van der Waals surface area contributed by atoms with Crippen LogP contribution in [-0.4, -0.2) is 24.0 Å². The lowest BCUT2D eigenvalue weighted by atomic mass is 9.73. The summed E-state index contributed by atoms with van der Waals surface area (Å²) in [5.41, 5.74) is -0.577. The number of aliphatic hydroxyl groups excluding tert-OH is 1. The molecule has 0 saturated heterocycles. The van der Waals surface area contributed by atoms with E-state index in [-0.39, 0.29) is 6.61 Å². The first-order chi connectivity index (χ1) is 8.72. The fourth-order valence-corrected chi connectivity index (χ4v) is 2.38. The Kier molecular flexibility index (Phi) is 3.47. The number of rotatable bonds is 2. The molecule has 1 heterocycles. The maximum absolute atomic E-state index is 13.3. The van der Waals surface area contributed by atoms with E-state index in [2.05, 4.69) is 0 Å². The zero-order chi connectivity index (χ0) is 14.3. The summed E-state index contributed by atoms with van der Waals surface area (Å²) in [6.45, 7) is 1.84. The topological polar surface area (TPSA) is 29.5 Å². The predicted molar refractivity (Wildman–Crippen MR) is 60.5 cm³/mol. The van der Waals surface area contributed by atoms with Crippen LogP contribution in [0.25, 0.3) is 0 Å². The molecule has 0 aliphatic carbocycles. The molecule has 1 aromatic rings. The maximum Gasteiger partial charge on any atom is 0.414 e. The van der Waals surface area contributed by atoms with Crippen LogP contribution in [0.15, 0.2) is 18.2 Å². The summed E-state index contributed by atoms with van der Waals surface area (Å²) in [6, 6.07) is 3.78. The van der Waals surface area contributed by atoms with E-state index >= 15 is 0 Å². The van der Waals surface area contributed by atoms with E-state index < -0.39 is 29.9 Å². The Morgan fingerprint density at radius 2 is 2.11 bits per heavy atom. The van der Waals surface area contributed by atoms with Gasteiger partial charge in [-0.05, 0) is 31.0 Å². The molecule has 2 atom stereocenters. The number of hydrogen-bond donors (Lipinski definition) is 1. The lowest BCUT2D eigenvalue weighted by Crippen LogP contribution is -2.39. The Morgan fingerprint density at radius 3 is 2.74 bits per heavy atom. The lowest BCUT2D eigenvalue weighted by Gasteiger charge is -2.37. The molecule has 2 unspecified atom stereocenters. The van der Waals surface area contributed by atoms with Gasteiger partial charge in [-0.15, -0.1) is 0 Å². The van der Waals surface area contributed by atoms with Crippen LogP contribution in [0.1, 0.15) is 25.3 Å². The Balaban J connectivity index is 2.33. The zero-order valence-corrected chi connectivity index (χ0v) is 10.3. The van der Waals surface area contributed by atoms with Crippen molar-refractivity contribution in [2.75, 3.05) is 6.61 Å². The molecule has 1 N–H and O–H groups in total. The van der Waals surface area contributed by atoms with Gasteiger partial charge in [0.1, 0.15) is 11.6 Å². The quantitative estimate of drug-likeness (QED) is 0.842. The van der Waals surface area contributed by atoms with Crippen LogP contribution in [0.4, 0.5) is 17.6 Å². The summed E-state index contributed by atoms with van der Waals surface area (Å²) >= 11 is 0. The van der Waals surface area contributed by atoms with E-state index in [1.54, 1.807) is 6.92 Å². The van der Waals surface area contributed by atoms with Crippen molar-refractivity contribution in [2.45, 2.75) is 37.5 Å². The van der Waals surface area contributed by atoms with Crippen molar-refractivity contribution in [2.24, 2.45) is 0 Å². The van der Waals surface area contributed by atoms with Crippen LogP contribution >= 0.6 is 0 Å². The van der Waals surface area contributed by atoms with E-state index in [4.69, 9.17) is 4.74 Å². The standard InChI is InChI=1S/C13H14F4O2/c1-12(7-11(18)13(15,16)17)4-5-19-10-3-2-8(14)6-9(10)12/h2-3,6,11,18H,4-5,7H2,1H3. The van der Waals surface area contributed by atoms with Gasteiger partial charge >= 0.3 is 6.18 Å². The van der Waals surface area contributed by atoms with Gasteiger partial charge in [0.05, 0.1) is 6.61 Å². The molecule has 19 heavy (non-hydrogen) atoms. The number of benzene rings is 1. The van der Waals surface area contributed by atoms with E-state index in [1.165, 1.54) is 18.2 Å². The van der Waals surface area contributed by atoms with Gasteiger partial charge in [-0.1, -0.05) is 6.92 Å². The van der Waals surface area contributed by atoms with Crippen molar-refractivity contribution in [1.82, 2.24) is 0 Å². The smallest absolute Gasteiger partial charge is 0.414 e. The van der Waals surface area contributed by atoms with E-state index in [0.29, 0.717) is 17.7 Å². The molecular formula is C13H14F4O2. The predicted octanol–water partition coefficient (Wildman–Crippen LogP) is 3.18. The average Bonchev–Trinajstić information content (AvgIpc) is 2.29. The van der Waals surface area contributed by atoms with Gasteiger partial charge in [-0.3, -0.25) is 0 Å². The normalized spacial score (nSPS) is 24.5. The first-order valence-electron chi connectivity index (χ1n) is 5.90. The molecular weight excluding hydrogens is 264 g/mol. The third kappa shape index (κ3) is 2.83. The molecule has 6 heteroatoms. The molecule has 2 nitrogen and oxygen atoms in total. The zero-order valence-electron chi connectivity index (χ0n) is 10.3. The van der Waals surface area contributed by atoms with Crippen LogP contribution in [0.2, 0.25) is 0 Å². The van der Waals surface area contributed by atoms with Gasteiger partial charge in [0.2, 0.25) is 0 Å². The van der Waals surface area contributed by atoms with Crippen molar-refractivity contribution in [3.05, 3.63) is 29.6 Å². The van der Waals surface area contributed by atoms with Crippen LogP contribution in [0.3, 0.4) is 0 Å². The highest BCUT2D eigenvalue weighted by Crippen LogP contribution is 2.43. The Bertz CT molecular complexity index is 472. The highest BCUT2D eigenvalue weighted by Gasteiger charge is 2.45. The van der Waals surface area contributed by atoms with E-state index in [9.17, 15) is 22.7 Å². The van der Waals surface area contributed by atoms with E-state index in [1.807, 2.05) is 0 Å². The van der Waals surface area contributed by atoms with Gasteiger partial charge in [-0.25, -0.2) is 4.39 Å². The molecule has 1 aliphatic heterocycles. The molecule has 0 fully saturated rings. The molecule has 0 amide bonds. The Hall–Kier alpha value is -1.30. The number of alkyl halides is 3. The number of fused-ring (bicyclic) bond motifs is 1. The molecule has 2 rings (SSSR count). The van der Waals surface area contributed by atoms with Crippen LogP contribution in [0.5, 0.6) is 5.75 Å². The van der Waals surface area contributed by atoms with E-state index in [0.717, 1.165) is 0 Å². The largest absolute Gasteiger partial charge is 0.493 e. The second-order valence-corrected chi connectivity index (χ2v) is 5.06. The van der Waals surface area contributed by atoms with Gasteiger partial charge in [0.25, 0.3) is 0 Å². The molecule has 0 aromatic heterocycles. The molecule has 0 radical (unpaired) electrons. The first-order valence-corrected chi connectivity index (χ1v) is 5.90. The number of hydrogen-bond acceptors (Lipinski definition) is 2. The summed E-state index contributed by atoms with van der Waals surface area (Å²) in [7, 11) is 0. The third-order valence-electron chi connectivity index (χ3n) is 3.52. The fraction of sp³-hybridized carbons (Fsp3) is 0.538. The molecule has 1 aliphatic rings.